The number of carbonyl (C=O) groups is 2. The lowest BCUT2D eigenvalue weighted by molar-refractivity contribution is -0.300. The molecule has 1 N–H and O–H groups in total. The molecule has 0 radical (unpaired) electrons. The summed E-state index contributed by atoms with van der Waals surface area (Å²) in [5.41, 5.74) is 0. The highest BCUT2D eigenvalue weighted by Gasteiger charge is 2.23. The fourth-order valence-corrected chi connectivity index (χ4v) is 0.472. The fraction of sp³-hybridized carbons (Fsp3) is 0.600. The van der Waals surface area contributed by atoms with Gasteiger partial charge >= 0.3 is 0 Å². The Kier molecular flexibility index (Phi) is 1.38. The van der Waals surface area contributed by atoms with Crippen molar-refractivity contribution in [1.29, 1.82) is 0 Å². The van der Waals surface area contributed by atoms with Crippen LogP contribution < -0.4 is 10.4 Å². The fourth-order valence-electron chi connectivity index (χ4n) is 0.472. The Morgan fingerprint density at radius 1 is 1.44 bits per heavy atom. The van der Waals surface area contributed by atoms with Gasteiger partial charge in [0.05, 0.1) is 0 Å². The standard InChI is InChI=1S/C5H7NO3/c7-4(5(8)9)6-3-1-2-3/h3H,1-2H2,(H,6,7)(H,8,9)/p-1. The summed E-state index contributed by atoms with van der Waals surface area (Å²) in [4.78, 5) is 20.0. The molecular formula is C5H6NO3-. The number of hydrogen-bond donors (Lipinski definition) is 1. The molecule has 0 bridgehead atoms. The van der Waals surface area contributed by atoms with Crippen molar-refractivity contribution in [3.05, 3.63) is 0 Å². The molecule has 1 aliphatic rings. The Morgan fingerprint density at radius 3 is 2.33 bits per heavy atom. The van der Waals surface area contributed by atoms with E-state index in [4.69, 9.17) is 0 Å². The Balaban J connectivity index is 2.25. The van der Waals surface area contributed by atoms with Crippen LogP contribution in [0, 0.1) is 0 Å². The number of amides is 1. The molecule has 50 valence electrons. The van der Waals surface area contributed by atoms with E-state index in [0.29, 0.717) is 0 Å². The van der Waals surface area contributed by atoms with Gasteiger partial charge in [-0.2, -0.15) is 0 Å². The van der Waals surface area contributed by atoms with Crippen LogP contribution in [0.3, 0.4) is 0 Å². The van der Waals surface area contributed by atoms with Crippen molar-refractivity contribution in [2.75, 3.05) is 0 Å². The van der Waals surface area contributed by atoms with Gasteiger partial charge in [0.1, 0.15) is 5.97 Å². The Labute approximate surface area is 51.9 Å². The minimum absolute atomic E-state index is 0.0930. The summed E-state index contributed by atoms with van der Waals surface area (Å²) in [5.74, 6) is -2.65. The van der Waals surface area contributed by atoms with E-state index in [1.807, 2.05) is 0 Å². The highest BCUT2D eigenvalue weighted by atomic mass is 16.4. The Morgan fingerprint density at radius 2 is 2.00 bits per heavy atom. The zero-order chi connectivity index (χ0) is 6.85. The zero-order valence-electron chi connectivity index (χ0n) is 4.72. The van der Waals surface area contributed by atoms with Crippen LogP contribution in [0.1, 0.15) is 12.8 Å². The van der Waals surface area contributed by atoms with Gasteiger partial charge < -0.3 is 15.2 Å². The quantitative estimate of drug-likeness (QED) is 0.416. The summed E-state index contributed by atoms with van der Waals surface area (Å²) in [7, 11) is 0. The topological polar surface area (TPSA) is 69.2 Å². The normalized spacial score (nSPS) is 16.9. The van der Waals surface area contributed by atoms with E-state index in [2.05, 4.69) is 5.32 Å². The van der Waals surface area contributed by atoms with E-state index in [1.165, 1.54) is 0 Å². The maximum absolute atomic E-state index is 10.2. The molecule has 4 nitrogen and oxygen atoms in total. The number of nitrogens with one attached hydrogen (secondary N) is 1. The number of aliphatic carboxylic acids is 1. The predicted molar refractivity (Wildman–Crippen MR) is 26.2 cm³/mol. The number of rotatable bonds is 1. The molecule has 0 atom stereocenters. The molecule has 0 aliphatic heterocycles. The summed E-state index contributed by atoms with van der Waals surface area (Å²) < 4.78 is 0. The van der Waals surface area contributed by atoms with Crippen LogP contribution in [0.2, 0.25) is 0 Å². The summed E-state index contributed by atoms with van der Waals surface area (Å²) in [6.45, 7) is 0. The molecule has 0 aromatic heterocycles. The van der Waals surface area contributed by atoms with Crippen LogP contribution in [0.4, 0.5) is 0 Å². The number of carboxylic acid groups (broad SMARTS) is 1. The molecular weight excluding hydrogens is 122 g/mol. The van der Waals surface area contributed by atoms with Crippen molar-refractivity contribution in [3.8, 4) is 0 Å². The molecule has 0 heterocycles. The number of hydrogen-bond acceptors (Lipinski definition) is 3. The molecule has 9 heavy (non-hydrogen) atoms. The highest BCUT2D eigenvalue weighted by Crippen LogP contribution is 2.17. The van der Waals surface area contributed by atoms with Gasteiger partial charge in [-0.1, -0.05) is 0 Å². The summed E-state index contributed by atoms with van der Waals surface area (Å²) >= 11 is 0. The molecule has 0 aromatic rings. The van der Waals surface area contributed by atoms with E-state index in [-0.39, 0.29) is 6.04 Å². The van der Waals surface area contributed by atoms with E-state index < -0.39 is 11.9 Å². The molecule has 1 amide bonds. The third-order valence-electron chi connectivity index (χ3n) is 1.10. The van der Waals surface area contributed by atoms with Gasteiger partial charge in [0.25, 0.3) is 5.91 Å². The lowest BCUT2D eigenvalue weighted by Gasteiger charge is -2.00. The van der Waals surface area contributed by atoms with Crippen molar-refractivity contribution in [2.45, 2.75) is 18.9 Å². The molecule has 1 saturated carbocycles. The van der Waals surface area contributed by atoms with Gasteiger partial charge in [-0.05, 0) is 12.8 Å². The first-order valence-corrected chi connectivity index (χ1v) is 2.72. The zero-order valence-corrected chi connectivity index (χ0v) is 4.72. The maximum atomic E-state index is 10.2. The van der Waals surface area contributed by atoms with Gasteiger partial charge in [0, 0.05) is 6.04 Å². The lowest BCUT2D eigenvalue weighted by Crippen LogP contribution is -2.41. The van der Waals surface area contributed by atoms with Crippen LogP contribution in [-0.4, -0.2) is 17.9 Å². The van der Waals surface area contributed by atoms with Crippen molar-refractivity contribution in [3.63, 3.8) is 0 Å². The van der Waals surface area contributed by atoms with Crippen molar-refractivity contribution in [1.82, 2.24) is 5.32 Å². The average molecular weight is 128 g/mol. The minimum Gasteiger partial charge on any atom is -0.540 e. The second-order valence-electron chi connectivity index (χ2n) is 2.04. The highest BCUT2D eigenvalue weighted by molar-refractivity contribution is 6.30. The number of carboxylic acids is 1. The van der Waals surface area contributed by atoms with Crippen molar-refractivity contribution in [2.24, 2.45) is 0 Å². The van der Waals surface area contributed by atoms with E-state index in [9.17, 15) is 14.7 Å². The largest absolute Gasteiger partial charge is 0.540 e. The van der Waals surface area contributed by atoms with Crippen LogP contribution in [0.25, 0.3) is 0 Å². The minimum atomic E-state index is -1.65. The number of carbonyl (C=O) groups excluding carboxylic acids is 2. The molecule has 0 saturated heterocycles. The Hall–Kier alpha value is -1.06. The third kappa shape index (κ3) is 1.71. The second-order valence-corrected chi connectivity index (χ2v) is 2.04. The maximum Gasteiger partial charge on any atom is 0.267 e. The van der Waals surface area contributed by atoms with Crippen molar-refractivity contribution >= 4 is 11.9 Å². The lowest BCUT2D eigenvalue weighted by atomic mass is 10.6. The average Bonchev–Trinajstić information content (AvgIpc) is 2.50. The second kappa shape index (κ2) is 2.05. The predicted octanol–water partition coefficient (Wildman–Crippen LogP) is -1.99. The molecule has 1 rings (SSSR count). The van der Waals surface area contributed by atoms with Crippen LogP contribution in [0.5, 0.6) is 0 Å². The van der Waals surface area contributed by atoms with Gasteiger partial charge in [-0.15, -0.1) is 0 Å². The molecule has 1 aliphatic carbocycles. The molecule has 4 heteroatoms. The molecule has 0 aromatic carbocycles. The summed E-state index contributed by atoms with van der Waals surface area (Å²) in [5, 5.41) is 12.0. The van der Waals surface area contributed by atoms with Gasteiger partial charge in [0.2, 0.25) is 0 Å². The smallest absolute Gasteiger partial charge is 0.267 e. The van der Waals surface area contributed by atoms with E-state index >= 15 is 0 Å². The van der Waals surface area contributed by atoms with Gasteiger partial charge in [0.15, 0.2) is 0 Å². The Bertz CT molecular complexity index is 150. The van der Waals surface area contributed by atoms with Gasteiger partial charge in [-0.25, -0.2) is 0 Å². The first-order chi connectivity index (χ1) is 4.20. The van der Waals surface area contributed by atoms with Crippen molar-refractivity contribution < 1.29 is 14.7 Å². The third-order valence-corrected chi connectivity index (χ3v) is 1.10. The summed E-state index contributed by atoms with van der Waals surface area (Å²) in [6, 6.07) is 0.0930. The molecule has 0 unspecified atom stereocenters. The van der Waals surface area contributed by atoms with Gasteiger partial charge in [-0.3, -0.25) is 4.79 Å². The van der Waals surface area contributed by atoms with Crippen LogP contribution in [0.15, 0.2) is 0 Å². The first kappa shape index (κ1) is 6.07. The van der Waals surface area contributed by atoms with Crippen LogP contribution >= 0.6 is 0 Å². The molecule has 1 fully saturated rings. The monoisotopic (exact) mass is 128 g/mol. The SMILES string of the molecule is O=C([O-])C(=O)NC1CC1. The van der Waals surface area contributed by atoms with E-state index in [1.54, 1.807) is 0 Å². The van der Waals surface area contributed by atoms with E-state index in [0.717, 1.165) is 12.8 Å². The van der Waals surface area contributed by atoms with Crippen LogP contribution in [-0.2, 0) is 9.59 Å². The molecule has 0 spiro atoms. The summed E-state index contributed by atoms with van der Waals surface area (Å²) in [6.07, 6.45) is 1.78. The first-order valence-electron chi connectivity index (χ1n) is 2.72.